The first kappa shape index (κ1) is 10.7. The number of hydrogen-bond acceptors (Lipinski definition) is 2. The highest BCUT2D eigenvalue weighted by Crippen LogP contribution is 2.43. The second-order valence-corrected chi connectivity index (χ2v) is 5.58. The van der Waals surface area contributed by atoms with Gasteiger partial charge in [0.2, 0.25) is 0 Å². The van der Waals surface area contributed by atoms with Gasteiger partial charge in [-0.3, -0.25) is 0 Å². The standard InChI is InChI=1S/C12H14Cl2N2/c1-16-3-2-11-8(6-16)7-4-9(13)10(14)5-12(7)15-11/h4-5,8,11,15H,2-3,6H2,1H3. The summed E-state index contributed by atoms with van der Waals surface area (Å²) in [4.78, 5) is 2.38. The molecule has 0 spiro atoms. The summed E-state index contributed by atoms with van der Waals surface area (Å²) in [7, 11) is 2.17. The lowest BCUT2D eigenvalue weighted by molar-refractivity contribution is 0.243. The van der Waals surface area contributed by atoms with E-state index in [0.29, 0.717) is 22.0 Å². The second-order valence-electron chi connectivity index (χ2n) is 4.76. The van der Waals surface area contributed by atoms with Gasteiger partial charge in [0.1, 0.15) is 0 Å². The zero-order valence-electron chi connectivity index (χ0n) is 9.13. The highest BCUT2D eigenvalue weighted by atomic mass is 35.5. The fraction of sp³-hybridized carbons (Fsp3) is 0.500. The van der Waals surface area contributed by atoms with Gasteiger partial charge < -0.3 is 10.2 Å². The SMILES string of the molecule is CN1CCC2Nc3cc(Cl)c(Cl)cc3C2C1. The Labute approximate surface area is 106 Å². The van der Waals surface area contributed by atoms with E-state index in [-0.39, 0.29) is 0 Å². The molecular formula is C12H14Cl2N2. The van der Waals surface area contributed by atoms with Crippen molar-refractivity contribution in [2.75, 3.05) is 25.5 Å². The van der Waals surface area contributed by atoms with E-state index in [4.69, 9.17) is 23.2 Å². The zero-order valence-corrected chi connectivity index (χ0v) is 10.6. The van der Waals surface area contributed by atoms with Crippen molar-refractivity contribution in [1.29, 1.82) is 0 Å². The summed E-state index contributed by atoms with van der Waals surface area (Å²) in [5, 5.41) is 4.86. The first-order valence-electron chi connectivity index (χ1n) is 5.59. The Kier molecular flexibility index (Phi) is 2.54. The molecule has 0 amide bonds. The van der Waals surface area contributed by atoms with Crippen molar-refractivity contribution in [2.24, 2.45) is 0 Å². The summed E-state index contributed by atoms with van der Waals surface area (Å²) in [6.07, 6.45) is 1.19. The number of rotatable bonds is 0. The molecule has 1 N–H and O–H groups in total. The summed E-state index contributed by atoms with van der Waals surface area (Å²) >= 11 is 12.1. The van der Waals surface area contributed by atoms with Crippen molar-refractivity contribution in [3.8, 4) is 0 Å². The third-order valence-electron chi connectivity index (χ3n) is 3.65. The van der Waals surface area contributed by atoms with Crippen LogP contribution in [0.25, 0.3) is 0 Å². The van der Waals surface area contributed by atoms with Crippen LogP contribution in [0, 0.1) is 0 Å². The molecule has 0 bridgehead atoms. The molecule has 16 heavy (non-hydrogen) atoms. The van der Waals surface area contributed by atoms with Gasteiger partial charge in [-0.2, -0.15) is 0 Å². The van der Waals surface area contributed by atoms with Gasteiger partial charge >= 0.3 is 0 Å². The molecule has 0 saturated carbocycles. The topological polar surface area (TPSA) is 15.3 Å². The maximum absolute atomic E-state index is 6.09. The Hall–Kier alpha value is -0.440. The average molecular weight is 257 g/mol. The van der Waals surface area contributed by atoms with Crippen molar-refractivity contribution >= 4 is 28.9 Å². The Morgan fingerprint density at radius 1 is 1.31 bits per heavy atom. The highest BCUT2D eigenvalue weighted by Gasteiger charge is 2.36. The fourth-order valence-electron chi connectivity index (χ4n) is 2.80. The van der Waals surface area contributed by atoms with Crippen molar-refractivity contribution in [3.05, 3.63) is 27.7 Å². The van der Waals surface area contributed by atoms with E-state index < -0.39 is 0 Å². The number of anilines is 1. The molecule has 0 aliphatic carbocycles. The monoisotopic (exact) mass is 256 g/mol. The molecule has 2 atom stereocenters. The van der Waals surface area contributed by atoms with E-state index in [2.05, 4.69) is 17.3 Å². The maximum atomic E-state index is 6.09. The molecule has 2 aliphatic rings. The highest BCUT2D eigenvalue weighted by molar-refractivity contribution is 6.42. The molecule has 0 radical (unpaired) electrons. The van der Waals surface area contributed by atoms with Gasteiger partial charge in [0, 0.05) is 24.2 Å². The lowest BCUT2D eigenvalue weighted by Crippen LogP contribution is -2.39. The largest absolute Gasteiger partial charge is 0.381 e. The van der Waals surface area contributed by atoms with Crippen molar-refractivity contribution in [2.45, 2.75) is 18.4 Å². The Bertz CT molecular complexity index is 433. The van der Waals surface area contributed by atoms with Crippen molar-refractivity contribution in [3.63, 3.8) is 0 Å². The van der Waals surface area contributed by atoms with E-state index in [1.54, 1.807) is 0 Å². The summed E-state index contributed by atoms with van der Waals surface area (Å²) < 4.78 is 0. The van der Waals surface area contributed by atoms with Crippen LogP contribution in [0.5, 0.6) is 0 Å². The molecule has 2 aliphatic heterocycles. The molecule has 1 saturated heterocycles. The second kappa shape index (κ2) is 3.80. The van der Waals surface area contributed by atoms with Crippen molar-refractivity contribution in [1.82, 2.24) is 4.90 Å². The summed E-state index contributed by atoms with van der Waals surface area (Å²) in [5.41, 5.74) is 2.49. The van der Waals surface area contributed by atoms with Crippen LogP contribution in [0.3, 0.4) is 0 Å². The zero-order chi connectivity index (χ0) is 11.3. The van der Waals surface area contributed by atoms with Gasteiger partial charge in [0.15, 0.2) is 0 Å². The van der Waals surface area contributed by atoms with Gasteiger partial charge in [0.05, 0.1) is 10.0 Å². The number of likely N-dealkylation sites (tertiary alicyclic amines) is 1. The summed E-state index contributed by atoms with van der Waals surface area (Å²) in [5.74, 6) is 0.559. The van der Waals surface area contributed by atoms with Crippen molar-refractivity contribution < 1.29 is 0 Å². The van der Waals surface area contributed by atoms with Gasteiger partial charge in [-0.15, -0.1) is 0 Å². The number of nitrogens with one attached hydrogen (secondary N) is 1. The van der Waals surface area contributed by atoms with Crippen LogP contribution in [-0.2, 0) is 0 Å². The van der Waals surface area contributed by atoms with Crippen LogP contribution in [0.4, 0.5) is 5.69 Å². The third kappa shape index (κ3) is 1.60. The minimum atomic E-state index is 0.556. The summed E-state index contributed by atoms with van der Waals surface area (Å²) in [6, 6.07) is 4.54. The van der Waals surface area contributed by atoms with Gasteiger partial charge in [-0.1, -0.05) is 23.2 Å². The Morgan fingerprint density at radius 2 is 2.06 bits per heavy atom. The lowest BCUT2D eigenvalue weighted by Gasteiger charge is -2.32. The molecule has 4 heteroatoms. The van der Waals surface area contributed by atoms with Crippen LogP contribution in [0.1, 0.15) is 17.9 Å². The van der Waals surface area contributed by atoms with Gasteiger partial charge in [-0.25, -0.2) is 0 Å². The van der Waals surface area contributed by atoms with Crippen LogP contribution < -0.4 is 5.32 Å². The molecule has 2 unspecified atom stereocenters. The maximum Gasteiger partial charge on any atom is 0.0613 e. The predicted molar refractivity (Wildman–Crippen MR) is 68.7 cm³/mol. The van der Waals surface area contributed by atoms with Crippen LogP contribution >= 0.6 is 23.2 Å². The van der Waals surface area contributed by atoms with E-state index in [1.165, 1.54) is 17.7 Å². The van der Waals surface area contributed by atoms with Crippen LogP contribution in [0.2, 0.25) is 10.0 Å². The molecule has 86 valence electrons. The molecule has 2 heterocycles. The van der Waals surface area contributed by atoms with Crippen LogP contribution in [0.15, 0.2) is 12.1 Å². The minimum absolute atomic E-state index is 0.556. The van der Waals surface area contributed by atoms with E-state index in [0.717, 1.165) is 13.1 Å². The molecule has 1 fully saturated rings. The fourth-order valence-corrected chi connectivity index (χ4v) is 3.13. The van der Waals surface area contributed by atoms with Gasteiger partial charge in [0.25, 0.3) is 0 Å². The quantitative estimate of drug-likeness (QED) is 0.767. The van der Waals surface area contributed by atoms with E-state index in [9.17, 15) is 0 Å². The van der Waals surface area contributed by atoms with E-state index in [1.807, 2.05) is 12.1 Å². The van der Waals surface area contributed by atoms with E-state index >= 15 is 0 Å². The molecule has 2 nitrogen and oxygen atoms in total. The number of halogens is 2. The smallest absolute Gasteiger partial charge is 0.0613 e. The predicted octanol–water partition coefficient (Wildman–Crippen LogP) is 3.21. The first-order valence-corrected chi connectivity index (χ1v) is 6.35. The molecule has 1 aromatic carbocycles. The minimum Gasteiger partial charge on any atom is -0.381 e. The number of nitrogens with zero attached hydrogens (tertiary/aromatic N) is 1. The molecule has 1 aromatic rings. The number of piperidine rings is 1. The number of likely N-dealkylation sites (N-methyl/N-ethyl adjacent to an activating group) is 1. The van der Waals surface area contributed by atoms with Gasteiger partial charge in [-0.05, 0) is 37.7 Å². The summed E-state index contributed by atoms with van der Waals surface area (Å²) in [6.45, 7) is 2.26. The average Bonchev–Trinajstić information content (AvgIpc) is 2.57. The number of fused-ring (bicyclic) bond motifs is 3. The normalized spacial score (nSPS) is 28.4. The molecule has 3 rings (SSSR count). The number of hydrogen-bond donors (Lipinski definition) is 1. The molecular weight excluding hydrogens is 243 g/mol. The number of benzene rings is 1. The lowest BCUT2D eigenvalue weighted by atomic mass is 9.90. The third-order valence-corrected chi connectivity index (χ3v) is 4.37. The Morgan fingerprint density at radius 3 is 2.88 bits per heavy atom. The first-order chi connectivity index (χ1) is 7.65. The molecule has 0 aromatic heterocycles. The Balaban J connectivity index is 2.01. The van der Waals surface area contributed by atoms with Crippen LogP contribution in [-0.4, -0.2) is 31.1 Å².